The smallest absolute Gasteiger partial charge is 0.224 e. The summed E-state index contributed by atoms with van der Waals surface area (Å²) in [5.41, 5.74) is 7.78. The van der Waals surface area contributed by atoms with Crippen LogP contribution in [0.5, 0.6) is 0 Å². The second-order valence-electron chi connectivity index (χ2n) is 5.44. The normalized spacial score (nSPS) is 13.4. The molecule has 0 aliphatic rings. The van der Waals surface area contributed by atoms with Gasteiger partial charge >= 0.3 is 0 Å². The van der Waals surface area contributed by atoms with Crippen molar-refractivity contribution in [1.29, 1.82) is 0 Å². The average Bonchev–Trinajstić information content (AvgIpc) is 2.56. The van der Waals surface area contributed by atoms with Crippen molar-refractivity contribution < 1.29 is 4.79 Å². The lowest BCUT2D eigenvalue weighted by atomic mass is 9.98. The average molecular weight is 317 g/mol. The Labute approximate surface area is 136 Å². The van der Waals surface area contributed by atoms with Crippen molar-refractivity contribution in [2.45, 2.75) is 19.4 Å². The molecule has 1 amide bonds. The third-order valence-corrected chi connectivity index (χ3v) is 3.92. The predicted octanol–water partition coefficient (Wildman–Crippen LogP) is 3.33. The minimum Gasteiger partial charge on any atom is -0.349 e. The van der Waals surface area contributed by atoms with Crippen molar-refractivity contribution in [1.82, 2.24) is 5.32 Å². The van der Waals surface area contributed by atoms with E-state index in [4.69, 9.17) is 17.3 Å². The standard InChI is InChI=1S/C18H21ClN2O/c1-13(12-20)18(22)21-17(15-5-3-2-4-6-15)11-14-7-9-16(19)10-8-14/h2-10,13,17H,11-12,20H2,1H3,(H,21,22). The Kier molecular flexibility index (Phi) is 5.99. The highest BCUT2D eigenvalue weighted by Crippen LogP contribution is 2.20. The van der Waals surface area contributed by atoms with Crippen LogP contribution in [0.4, 0.5) is 0 Å². The molecule has 3 N–H and O–H groups in total. The molecule has 0 fully saturated rings. The van der Waals surface area contributed by atoms with E-state index in [2.05, 4.69) is 5.32 Å². The number of rotatable bonds is 6. The second-order valence-corrected chi connectivity index (χ2v) is 5.88. The first kappa shape index (κ1) is 16.5. The summed E-state index contributed by atoms with van der Waals surface area (Å²) in [7, 11) is 0. The van der Waals surface area contributed by atoms with Crippen molar-refractivity contribution in [3.63, 3.8) is 0 Å². The van der Waals surface area contributed by atoms with Crippen LogP contribution in [0.15, 0.2) is 54.6 Å². The van der Waals surface area contributed by atoms with E-state index in [9.17, 15) is 4.79 Å². The first-order valence-corrected chi connectivity index (χ1v) is 7.77. The predicted molar refractivity (Wildman–Crippen MR) is 90.7 cm³/mol. The minimum absolute atomic E-state index is 0.0229. The zero-order chi connectivity index (χ0) is 15.9. The summed E-state index contributed by atoms with van der Waals surface area (Å²) in [5.74, 6) is -0.221. The summed E-state index contributed by atoms with van der Waals surface area (Å²) in [5, 5.41) is 3.80. The number of amides is 1. The van der Waals surface area contributed by atoms with Gasteiger partial charge < -0.3 is 11.1 Å². The molecule has 0 radical (unpaired) electrons. The van der Waals surface area contributed by atoms with E-state index in [1.807, 2.05) is 61.5 Å². The van der Waals surface area contributed by atoms with Gasteiger partial charge in [-0.05, 0) is 29.7 Å². The van der Waals surface area contributed by atoms with E-state index in [1.54, 1.807) is 0 Å². The van der Waals surface area contributed by atoms with Crippen molar-refractivity contribution in [2.75, 3.05) is 6.54 Å². The van der Waals surface area contributed by atoms with Gasteiger partial charge in [-0.3, -0.25) is 4.79 Å². The number of hydrogen-bond donors (Lipinski definition) is 2. The molecule has 2 rings (SSSR count). The van der Waals surface area contributed by atoms with Crippen molar-refractivity contribution >= 4 is 17.5 Å². The van der Waals surface area contributed by atoms with Crippen LogP contribution in [-0.2, 0) is 11.2 Å². The molecule has 0 bridgehead atoms. The Morgan fingerprint density at radius 1 is 1.14 bits per heavy atom. The topological polar surface area (TPSA) is 55.1 Å². The summed E-state index contributed by atoms with van der Waals surface area (Å²) < 4.78 is 0. The summed E-state index contributed by atoms with van der Waals surface area (Å²) in [6.07, 6.45) is 0.713. The minimum atomic E-state index is -0.198. The molecule has 2 atom stereocenters. The van der Waals surface area contributed by atoms with Crippen LogP contribution in [0.2, 0.25) is 5.02 Å². The zero-order valence-corrected chi connectivity index (χ0v) is 13.4. The lowest BCUT2D eigenvalue weighted by molar-refractivity contribution is -0.125. The number of halogens is 1. The molecule has 2 unspecified atom stereocenters. The lowest BCUT2D eigenvalue weighted by Gasteiger charge is -2.21. The molecule has 3 nitrogen and oxygen atoms in total. The van der Waals surface area contributed by atoms with Gasteiger partial charge in [0.15, 0.2) is 0 Å². The van der Waals surface area contributed by atoms with E-state index in [0.29, 0.717) is 18.0 Å². The Balaban J connectivity index is 2.18. The number of carbonyl (C=O) groups is 1. The van der Waals surface area contributed by atoms with Gasteiger partial charge in [-0.25, -0.2) is 0 Å². The number of hydrogen-bond acceptors (Lipinski definition) is 2. The fourth-order valence-corrected chi connectivity index (χ4v) is 2.34. The monoisotopic (exact) mass is 316 g/mol. The van der Waals surface area contributed by atoms with Crippen LogP contribution < -0.4 is 11.1 Å². The molecule has 0 saturated heterocycles. The molecule has 2 aromatic rings. The molecule has 4 heteroatoms. The van der Waals surface area contributed by atoms with E-state index in [0.717, 1.165) is 11.1 Å². The molecule has 0 saturated carbocycles. The van der Waals surface area contributed by atoms with Gasteiger partial charge in [0, 0.05) is 17.5 Å². The summed E-state index contributed by atoms with van der Waals surface area (Å²) >= 11 is 5.93. The van der Waals surface area contributed by atoms with E-state index in [1.165, 1.54) is 0 Å². The Hall–Kier alpha value is -1.84. The summed E-state index contributed by atoms with van der Waals surface area (Å²) in [4.78, 5) is 12.2. The number of nitrogens with one attached hydrogen (secondary N) is 1. The van der Waals surface area contributed by atoms with Crippen molar-refractivity contribution in [3.8, 4) is 0 Å². The molecule has 0 aliphatic heterocycles. The number of carbonyl (C=O) groups excluding carboxylic acids is 1. The molecule has 116 valence electrons. The van der Waals surface area contributed by atoms with Crippen LogP contribution >= 0.6 is 11.6 Å². The van der Waals surface area contributed by atoms with Gasteiger partial charge in [-0.1, -0.05) is 61.0 Å². The van der Waals surface area contributed by atoms with E-state index in [-0.39, 0.29) is 17.9 Å². The summed E-state index contributed by atoms with van der Waals surface area (Å²) in [6, 6.07) is 17.6. The fraction of sp³-hybridized carbons (Fsp3) is 0.278. The first-order valence-electron chi connectivity index (χ1n) is 7.40. The van der Waals surface area contributed by atoms with Gasteiger partial charge in [0.1, 0.15) is 0 Å². The molecule has 22 heavy (non-hydrogen) atoms. The second kappa shape index (κ2) is 7.97. The molecule has 2 aromatic carbocycles. The molecular weight excluding hydrogens is 296 g/mol. The largest absolute Gasteiger partial charge is 0.349 e. The Morgan fingerprint density at radius 2 is 1.77 bits per heavy atom. The third-order valence-electron chi connectivity index (χ3n) is 3.67. The molecule has 0 heterocycles. The fourth-order valence-electron chi connectivity index (χ4n) is 2.21. The summed E-state index contributed by atoms with van der Waals surface area (Å²) in [6.45, 7) is 2.17. The van der Waals surface area contributed by atoms with Gasteiger partial charge in [-0.2, -0.15) is 0 Å². The lowest BCUT2D eigenvalue weighted by Crippen LogP contribution is -2.36. The van der Waals surface area contributed by atoms with E-state index < -0.39 is 0 Å². The van der Waals surface area contributed by atoms with Crippen LogP contribution in [0.3, 0.4) is 0 Å². The van der Waals surface area contributed by atoms with E-state index >= 15 is 0 Å². The van der Waals surface area contributed by atoms with Crippen molar-refractivity contribution in [3.05, 3.63) is 70.7 Å². The quantitative estimate of drug-likeness (QED) is 0.859. The molecular formula is C18H21ClN2O. The van der Waals surface area contributed by atoms with Crippen LogP contribution in [0.25, 0.3) is 0 Å². The van der Waals surface area contributed by atoms with Gasteiger partial charge in [0.25, 0.3) is 0 Å². The molecule has 0 aromatic heterocycles. The van der Waals surface area contributed by atoms with Crippen LogP contribution in [0.1, 0.15) is 24.1 Å². The Bertz CT molecular complexity index is 598. The molecule has 0 aliphatic carbocycles. The highest BCUT2D eigenvalue weighted by Gasteiger charge is 2.18. The maximum absolute atomic E-state index is 12.2. The maximum atomic E-state index is 12.2. The molecule has 0 spiro atoms. The maximum Gasteiger partial charge on any atom is 0.224 e. The van der Waals surface area contributed by atoms with Gasteiger partial charge in [-0.15, -0.1) is 0 Å². The third kappa shape index (κ3) is 4.58. The zero-order valence-electron chi connectivity index (χ0n) is 12.6. The van der Waals surface area contributed by atoms with Crippen LogP contribution in [-0.4, -0.2) is 12.5 Å². The Morgan fingerprint density at radius 3 is 2.36 bits per heavy atom. The van der Waals surface area contributed by atoms with Gasteiger partial charge in [0.2, 0.25) is 5.91 Å². The number of nitrogens with two attached hydrogens (primary N) is 1. The van der Waals surface area contributed by atoms with Crippen LogP contribution in [0, 0.1) is 5.92 Å². The highest BCUT2D eigenvalue weighted by molar-refractivity contribution is 6.30. The highest BCUT2D eigenvalue weighted by atomic mass is 35.5. The SMILES string of the molecule is CC(CN)C(=O)NC(Cc1ccc(Cl)cc1)c1ccccc1. The first-order chi connectivity index (χ1) is 10.6. The van der Waals surface area contributed by atoms with Gasteiger partial charge in [0.05, 0.1) is 6.04 Å². The van der Waals surface area contributed by atoms with Crippen molar-refractivity contribution in [2.24, 2.45) is 11.7 Å². The number of benzene rings is 2.